The van der Waals surface area contributed by atoms with Crippen LogP contribution in [0, 0.1) is 5.82 Å². The largest absolute Gasteiger partial charge is 0.373 e. The number of ketones is 1. The molecule has 0 saturated carbocycles. The first-order valence-electron chi connectivity index (χ1n) is 9.09. The van der Waals surface area contributed by atoms with Gasteiger partial charge in [0.15, 0.2) is 5.78 Å². The molecular weight excluding hydrogens is 399 g/mol. The van der Waals surface area contributed by atoms with E-state index in [4.69, 9.17) is 11.6 Å². The van der Waals surface area contributed by atoms with Crippen molar-refractivity contribution < 1.29 is 23.9 Å². The third-order valence-corrected chi connectivity index (χ3v) is 5.02. The molecule has 2 aromatic carbocycles. The first-order valence-corrected chi connectivity index (χ1v) is 9.47. The first kappa shape index (κ1) is 21.0. The minimum Gasteiger partial charge on any atom is -0.373 e. The summed E-state index contributed by atoms with van der Waals surface area (Å²) in [6, 6.07) is 10.6. The molecule has 1 atom stereocenters. The minimum atomic E-state index is -2.12. The Kier molecular flexibility index (Phi) is 6.00. The number of nitrogens with zero attached hydrogens (tertiary/aromatic N) is 1. The topological polar surface area (TPSA) is 86.7 Å². The number of aliphatic hydroxyl groups is 1. The fourth-order valence-corrected chi connectivity index (χ4v) is 3.63. The molecular formula is C21H20ClFN2O4. The minimum absolute atomic E-state index is 0.0427. The molecule has 6 nitrogen and oxygen atoms in total. The van der Waals surface area contributed by atoms with E-state index in [-0.39, 0.29) is 36.7 Å². The number of benzene rings is 2. The molecule has 1 heterocycles. The molecule has 152 valence electrons. The number of hydrogen-bond donors (Lipinski definition) is 2. The van der Waals surface area contributed by atoms with E-state index in [9.17, 15) is 23.9 Å². The predicted molar refractivity (Wildman–Crippen MR) is 107 cm³/mol. The van der Waals surface area contributed by atoms with Crippen LogP contribution in [0.15, 0.2) is 42.5 Å². The van der Waals surface area contributed by atoms with E-state index in [0.717, 1.165) is 6.07 Å². The second kappa shape index (κ2) is 8.31. The van der Waals surface area contributed by atoms with E-state index in [1.807, 2.05) is 0 Å². The van der Waals surface area contributed by atoms with Gasteiger partial charge in [-0.05, 0) is 48.4 Å². The van der Waals surface area contributed by atoms with Crippen molar-refractivity contribution in [2.24, 2.45) is 0 Å². The number of carbonyl (C=O) groups is 3. The summed E-state index contributed by atoms with van der Waals surface area (Å²) in [5.41, 5.74) is -0.632. The number of hydrogen-bond acceptors (Lipinski definition) is 4. The molecule has 0 bridgehead atoms. The van der Waals surface area contributed by atoms with Crippen molar-refractivity contribution in [3.05, 3.63) is 58.9 Å². The molecule has 1 fully saturated rings. The van der Waals surface area contributed by atoms with E-state index in [0.29, 0.717) is 16.9 Å². The summed E-state index contributed by atoms with van der Waals surface area (Å²) < 4.78 is 13.4. The van der Waals surface area contributed by atoms with Crippen molar-refractivity contribution in [2.75, 3.05) is 16.8 Å². The highest BCUT2D eigenvalue weighted by molar-refractivity contribution is 6.30. The van der Waals surface area contributed by atoms with Crippen LogP contribution in [0.3, 0.4) is 0 Å². The van der Waals surface area contributed by atoms with Crippen LogP contribution in [-0.4, -0.2) is 34.8 Å². The van der Waals surface area contributed by atoms with E-state index >= 15 is 0 Å². The number of amides is 2. The summed E-state index contributed by atoms with van der Waals surface area (Å²) in [5.74, 6) is -2.09. The molecule has 0 aromatic heterocycles. The fraction of sp³-hybridized carbons (Fsp3) is 0.286. The van der Waals surface area contributed by atoms with Crippen LogP contribution < -0.4 is 10.2 Å². The monoisotopic (exact) mass is 418 g/mol. The second-order valence-corrected chi connectivity index (χ2v) is 7.44. The average Bonchev–Trinajstić information content (AvgIpc) is 2.95. The SMILES string of the molecule is CC(=O)Nc1cccc(N2CCC(O)(C(=O)CCc3cc(F)cc(Cl)c3)C2=O)c1. The molecule has 2 amide bonds. The Morgan fingerprint density at radius 1 is 1.28 bits per heavy atom. The summed E-state index contributed by atoms with van der Waals surface area (Å²) in [6.07, 6.45) is -0.00927. The van der Waals surface area contributed by atoms with Gasteiger partial charge in [0, 0.05) is 42.7 Å². The Morgan fingerprint density at radius 3 is 2.72 bits per heavy atom. The number of carbonyl (C=O) groups excluding carboxylic acids is 3. The molecule has 2 N–H and O–H groups in total. The second-order valence-electron chi connectivity index (χ2n) is 7.00. The Labute approximate surface area is 172 Å². The number of nitrogens with one attached hydrogen (secondary N) is 1. The highest BCUT2D eigenvalue weighted by Crippen LogP contribution is 2.31. The van der Waals surface area contributed by atoms with Gasteiger partial charge in [-0.3, -0.25) is 14.4 Å². The normalized spacial score (nSPS) is 18.8. The Balaban J connectivity index is 1.71. The van der Waals surface area contributed by atoms with Gasteiger partial charge in [-0.2, -0.15) is 0 Å². The van der Waals surface area contributed by atoms with Crippen molar-refractivity contribution in [3.8, 4) is 0 Å². The van der Waals surface area contributed by atoms with Gasteiger partial charge in [0.1, 0.15) is 5.82 Å². The third kappa shape index (κ3) is 4.63. The van der Waals surface area contributed by atoms with Crippen LogP contribution in [0.25, 0.3) is 0 Å². The van der Waals surface area contributed by atoms with Gasteiger partial charge < -0.3 is 15.3 Å². The molecule has 0 spiro atoms. The van der Waals surface area contributed by atoms with E-state index < -0.39 is 23.1 Å². The van der Waals surface area contributed by atoms with Gasteiger partial charge in [0.05, 0.1) is 0 Å². The Hall–Kier alpha value is -2.77. The maximum atomic E-state index is 13.4. The first-order chi connectivity index (χ1) is 13.7. The van der Waals surface area contributed by atoms with Gasteiger partial charge in [-0.25, -0.2) is 4.39 Å². The maximum absolute atomic E-state index is 13.4. The zero-order valence-electron chi connectivity index (χ0n) is 15.7. The average molecular weight is 419 g/mol. The van der Waals surface area contributed by atoms with Gasteiger partial charge in [-0.15, -0.1) is 0 Å². The lowest BCUT2D eigenvalue weighted by Crippen LogP contribution is -2.47. The van der Waals surface area contributed by atoms with Crippen molar-refractivity contribution >= 4 is 40.6 Å². The summed E-state index contributed by atoms with van der Waals surface area (Å²) in [6.45, 7) is 1.53. The van der Waals surface area contributed by atoms with Crippen molar-refractivity contribution in [1.29, 1.82) is 0 Å². The summed E-state index contributed by atoms with van der Waals surface area (Å²) >= 11 is 5.81. The summed E-state index contributed by atoms with van der Waals surface area (Å²) in [4.78, 5) is 38.0. The highest BCUT2D eigenvalue weighted by Gasteiger charge is 2.50. The van der Waals surface area contributed by atoms with Gasteiger partial charge in [0.25, 0.3) is 5.91 Å². The van der Waals surface area contributed by atoms with Crippen LogP contribution in [0.2, 0.25) is 5.02 Å². The molecule has 0 radical (unpaired) electrons. The standard InChI is InChI=1S/C21H20ClFN2O4/c1-13(26)24-17-3-2-4-18(12-17)25-8-7-21(29,20(25)28)19(27)6-5-14-9-15(22)11-16(23)10-14/h2-4,9-12,29H,5-8H2,1H3,(H,24,26). The zero-order valence-corrected chi connectivity index (χ0v) is 16.5. The Morgan fingerprint density at radius 2 is 2.03 bits per heavy atom. The van der Waals surface area contributed by atoms with Crippen molar-refractivity contribution in [1.82, 2.24) is 0 Å². The molecule has 29 heavy (non-hydrogen) atoms. The van der Waals surface area contributed by atoms with E-state index in [1.54, 1.807) is 24.3 Å². The number of rotatable bonds is 6. The molecule has 0 aliphatic carbocycles. The van der Waals surface area contributed by atoms with E-state index in [2.05, 4.69) is 5.32 Å². The van der Waals surface area contributed by atoms with Gasteiger partial charge in [-0.1, -0.05) is 17.7 Å². The zero-order chi connectivity index (χ0) is 21.2. The summed E-state index contributed by atoms with van der Waals surface area (Å²) in [5, 5.41) is 13.6. The predicted octanol–water partition coefficient (Wildman–Crippen LogP) is 3.11. The fourth-order valence-electron chi connectivity index (χ4n) is 3.39. The molecule has 1 aliphatic rings. The van der Waals surface area contributed by atoms with Crippen LogP contribution in [0.5, 0.6) is 0 Å². The smallest absolute Gasteiger partial charge is 0.266 e. The number of anilines is 2. The third-order valence-electron chi connectivity index (χ3n) is 4.80. The molecule has 1 saturated heterocycles. The quantitative estimate of drug-likeness (QED) is 0.706. The maximum Gasteiger partial charge on any atom is 0.266 e. The molecule has 1 unspecified atom stereocenters. The van der Waals surface area contributed by atoms with Crippen molar-refractivity contribution in [3.63, 3.8) is 0 Å². The number of halogens is 2. The van der Waals surface area contributed by atoms with Gasteiger partial charge in [0.2, 0.25) is 11.5 Å². The highest BCUT2D eigenvalue weighted by atomic mass is 35.5. The van der Waals surface area contributed by atoms with Crippen LogP contribution >= 0.6 is 11.6 Å². The lowest BCUT2D eigenvalue weighted by atomic mass is 9.92. The van der Waals surface area contributed by atoms with Crippen LogP contribution in [0.4, 0.5) is 15.8 Å². The summed E-state index contributed by atoms with van der Waals surface area (Å²) in [7, 11) is 0. The lowest BCUT2D eigenvalue weighted by Gasteiger charge is -2.22. The molecule has 8 heteroatoms. The Bertz CT molecular complexity index is 961. The molecule has 3 rings (SSSR count). The van der Waals surface area contributed by atoms with Gasteiger partial charge >= 0.3 is 0 Å². The molecule has 1 aliphatic heterocycles. The number of Topliss-reactive ketones (excluding diaryl/α,β-unsaturated/α-hetero) is 1. The lowest BCUT2D eigenvalue weighted by molar-refractivity contribution is -0.147. The van der Waals surface area contributed by atoms with Crippen molar-refractivity contribution in [2.45, 2.75) is 31.8 Å². The molecule has 2 aromatic rings. The van der Waals surface area contributed by atoms with Crippen LogP contribution in [0.1, 0.15) is 25.3 Å². The van der Waals surface area contributed by atoms with E-state index in [1.165, 1.54) is 24.0 Å². The number of aryl methyl sites for hydroxylation is 1. The van der Waals surface area contributed by atoms with Crippen LogP contribution in [-0.2, 0) is 20.8 Å².